The van der Waals surface area contributed by atoms with Gasteiger partial charge in [-0.2, -0.15) is 10.2 Å². The van der Waals surface area contributed by atoms with Crippen LogP contribution in [0.1, 0.15) is 16.1 Å². The maximum absolute atomic E-state index is 12.0. The van der Waals surface area contributed by atoms with E-state index in [9.17, 15) is 9.90 Å². The van der Waals surface area contributed by atoms with Gasteiger partial charge in [0, 0.05) is 5.56 Å². The SMILES string of the molecule is O=C(N/N=C\c1ccc(O)cc1)c1cc(-c2ccccc2)n[nH]1. The van der Waals surface area contributed by atoms with Crippen molar-refractivity contribution >= 4 is 12.1 Å². The normalized spacial score (nSPS) is 10.8. The lowest BCUT2D eigenvalue weighted by molar-refractivity contribution is 0.0950. The molecule has 6 nitrogen and oxygen atoms in total. The van der Waals surface area contributed by atoms with Crippen LogP contribution < -0.4 is 5.43 Å². The van der Waals surface area contributed by atoms with Gasteiger partial charge in [0.25, 0.3) is 5.91 Å². The summed E-state index contributed by atoms with van der Waals surface area (Å²) in [7, 11) is 0. The van der Waals surface area contributed by atoms with E-state index in [4.69, 9.17) is 0 Å². The minimum absolute atomic E-state index is 0.178. The van der Waals surface area contributed by atoms with Crippen LogP contribution in [-0.4, -0.2) is 27.4 Å². The Bertz CT molecular complexity index is 823. The molecule has 0 unspecified atom stereocenters. The molecule has 1 amide bonds. The van der Waals surface area contributed by atoms with Crippen LogP contribution in [0.4, 0.5) is 0 Å². The van der Waals surface area contributed by atoms with E-state index in [-0.39, 0.29) is 11.7 Å². The molecule has 0 fully saturated rings. The van der Waals surface area contributed by atoms with Gasteiger partial charge >= 0.3 is 0 Å². The van der Waals surface area contributed by atoms with Gasteiger partial charge in [0.2, 0.25) is 0 Å². The van der Waals surface area contributed by atoms with Crippen LogP contribution in [-0.2, 0) is 0 Å². The lowest BCUT2D eigenvalue weighted by Gasteiger charge is -1.96. The molecular weight excluding hydrogens is 292 g/mol. The number of aromatic hydroxyl groups is 1. The number of hydrogen-bond acceptors (Lipinski definition) is 4. The summed E-state index contributed by atoms with van der Waals surface area (Å²) in [5, 5.41) is 19.9. The molecule has 6 heteroatoms. The van der Waals surface area contributed by atoms with Crippen molar-refractivity contribution in [2.45, 2.75) is 0 Å². The van der Waals surface area contributed by atoms with Crippen molar-refractivity contribution in [2.75, 3.05) is 0 Å². The number of hydrazone groups is 1. The fourth-order valence-corrected chi connectivity index (χ4v) is 1.98. The number of aromatic nitrogens is 2. The summed E-state index contributed by atoms with van der Waals surface area (Å²) in [6, 6.07) is 17.7. The highest BCUT2D eigenvalue weighted by Gasteiger charge is 2.09. The lowest BCUT2D eigenvalue weighted by atomic mass is 10.1. The first kappa shape index (κ1) is 14.5. The van der Waals surface area contributed by atoms with Crippen LogP contribution in [0, 0.1) is 0 Å². The maximum Gasteiger partial charge on any atom is 0.289 e. The number of nitrogens with one attached hydrogen (secondary N) is 2. The van der Waals surface area contributed by atoms with Crippen LogP contribution in [0.15, 0.2) is 65.8 Å². The van der Waals surface area contributed by atoms with E-state index in [1.165, 1.54) is 6.21 Å². The largest absolute Gasteiger partial charge is 0.508 e. The van der Waals surface area contributed by atoms with Gasteiger partial charge in [0.05, 0.1) is 11.9 Å². The minimum Gasteiger partial charge on any atom is -0.508 e. The second-order valence-electron chi connectivity index (χ2n) is 4.82. The first-order chi connectivity index (χ1) is 11.2. The standard InChI is InChI=1S/C17H14N4O2/c22-14-8-6-12(7-9-14)11-18-21-17(23)16-10-15(19-20-16)13-4-2-1-3-5-13/h1-11,22H,(H,19,20)(H,21,23)/b18-11-. The number of carbonyl (C=O) groups excluding carboxylic acids is 1. The van der Waals surface area contributed by atoms with Gasteiger partial charge in [-0.1, -0.05) is 30.3 Å². The highest BCUT2D eigenvalue weighted by atomic mass is 16.3. The molecule has 0 saturated heterocycles. The van der Waals surface area contributed by atoms with Gasteiger partial charge in [0.15, 0.2) is 0 Å². The molecule has 0 bridgehead atoms. The molecule has 0 saturated carbocycles. The highest BCUT2D eigenvalue weighted by molar-refractivity contribution is 5.94. The molecule has 114 valence electrons. The lowest BCUT2D eigenvalue weighted by Crippen LogP contribution is -2.17. The van der Waals surface area contributed by atoms with Crippen LogP contribution in [0.3, 0.4) is 0 Å². The van der Waals surface area contributed by atoms with Gasteiger partial charge in [0.1, 0.15) is 11.4 Å². The Labute approximate surface area is 132 Å². The van der Waals surface area contributed by atoms with E-state index in [1.54, 1.807) is 30.3 Å². The molecule has 1 aromatic heterocycles. The zero-order chi connectivity index (χ0) is 16.1. The van der Waals surface area contributed by atoms with Crippen LogP contribution >= 0.6 is 0 Å². The Morgan fingerprint density at radius 1 is 1.13 bits per heavy atom. The maximum atomic E-state index is 12.0. The molecule has 3 aromatic rings. The van der Waals surface area contributed by atoms with Crippen molar-refractivity contribution in [2.24, 2.45) is 5.10 Å². The van der Waals surface area contributed by atoms with Crippen molar-refractivity contribution in [3.8, 4) is 17.0 Å². The summed E-state index contributed by atoms with van der Waals surface area (Å²) in [6.45, 7) is 0. The van der Waals surface area contributed by atoms with Gasteiger partial charge in [-0.3, -0.25) is 9.89 Å². The van der Waals surface area contributed by atoms with E-state index in [0.29, 0.717) is 11.4 Å². The first-order valence-electron chi connectivity index (χ1n) is 6.95. The molecule has 0 aliphatic heterocycles. The number of rotatable bonds is 4. The monoisotopic (exact) mass is 306 g/mol. The molecule has 1 heterocycles. The molecule has 3 N–H and O–H groups in total. The van der Waals surface area contributed by atoms with Gasteiger partial charge in [-0.25, -0.2) is 5.43 Å². The summed E-state index contributed by atoms with van der Waals surface area (Å²) in [4.78, 5) is 12.0. The molecule has 2 aromatic carbocycles. The van der Waals surface area contributed by atoms with Crippen molar-refractivity contribution in [1.29, 1.82) is 0 Å². The molecular formula is C17H14N4O2. The van der Waals surface area contributed by atoms with E-state index in [2.05, 4.69) is 20.7 Å². The van der Waals surface area contributed by atoms with E-state index >= 15 is 0 Å². The van der Waals surface area contributed by atoms with E-state index in [1.807, 2.05) is 30.3 Å². The zero-order valence-electron chi connectivity index (χ0n) is 12.1. The van der Waals surface area contributed by atoms with E-state index < -0.39 is 0 Å². The number of carbonyl (C=O) groups is 1. The third-order valence-corrected chi connectivity index (χ3v) is 3.16. The van der Waals surface area contributed by atoms with Crippen molar-refractivity contribution in [3.63, 3.8) is 0 Å². The average molecular weight is 306 g/mol. The number of hydrogen-bond donors (Lipinski definition) is 3. The zero-order valence-corrected chi connectivity index (χ0v) is 12.1. The number of nitrogens with zero attached hydrogens (tertiary/aromatic N) is 2. The fourth-order valence-electron chi connectivity index (χ4n) is 1.98. The molecule has 23 heavy (non-hydrogen) atoms. The number of phenols is 1. The summed E-state index contributed by atoms with van der Waals surface area (Å²) in [5.74, 6) is -0.202. The summed E-state index contributed by atoms with van der Waals surface area (Å²) in [5.41, 5.74) is 5.13. The third-order valence-electron chi connectivity index (χ3n) is 3.16. The number of amides is 1. The summed E-state index contributed by atoms with van der Waals surface area (Å²) < 4.78 is 0. The fraction of sp³-hybridized carbons (Fsp3) is 0. The summed E-state index contributed by atoms with van der Waals surface area (Å²) >= 11 is 0. The minimum atomic E-state index is -0.380. The van der Waals surface area contributed by atoms with Crippen molar-refractivity contribution < 1.29 is 9.90 Å². The summed E-state index contributed by atoms with van der Waals surface area (Å²) in [6.07, 6.45) is 1.49. The number of benzene rings is 2. The molecule has 0 spiro atoms. The van der Waals surface area contributed by atoms with Crippen molar-refractivity contribution in [1.82, 2.24) is 15.6 Å². The van der Waals surface area contributed by atoms with Crippen LogP contribution in [0.2, 0.25) is 0 Å². The van der Waals surface area contributed by atoms with Gasteiger partial charge in [-0.05, 0) is 35.9 Å². The quantitative estimate of drug-likeness (QED) is 0.511. The first-order valence-corrected chi connectivity index (χ1v) is 6.95. The molecule has 3 rings (SSSR count). The van der Waals surface area contributed by atoms with Crippen LogP contribution in [0.25, 0.3) is 11.3 Å². The highest BCUT2D eigenvalue weighted by Crippen LogP contribution is 2.16. The molecule has 0 atom stereocenters. The number of H-pyrrole nitrogens is 1. The Balaban J connectivity index is 1.65. The predicted octanol–water partition coefficient (Wildman–Crippen LogP) is 2.55. The smallest absolute Gasteiger partial charge is 0.289 e. The second-order valence-corrected chi connectivity index (χ2v) is 4.82. The Morgan fingerprint density at radius 2 is 1.87 bits per heavy atom. The number of aromatic amines is 1. The molecule has 0 aliphatic rings. The topological polar surface area (TPSA) is 90.4 Å². The van der Waals surface area contributed by atoms with Gasteiger partial charge < -0.3 is 5.11 Å². The van der Waals surface area contributed by atoms with Crippen molar-refractivity contribution in [3.05, 3.63) is 71.9 Å². The van der Waals surface area contributed by atoms with E-state index in [0.717, 1.165) is 11.1 Å². The Hall–Kier alpha value is -3.41. The molecule has 0 radical (unpaired) electrons. The predicted molar refractivity (Wildman–Crippen MR) is 87.2 cm³/mol. The third kappa shape index (κ3) is 3.62. The second kappa shape index (κ2) is 6.57. The Morgan fingerprint density at radius 3 is 2.61 bits per heavy atom. The average Bonchev–Trinajstić information content (AvgIpc) is 3.07. The molecule has 0 aliphatic carbocycles. The van der Waals surface area contributed by atoms with Crippen LogP contribution in [0.5, 0.6) is 5.75 Å². The van der Waals surface area contributed by atoms with Gasteiger partial charge in [-0.15, -0.1) is 0 Å². The number of phenolic OH excluding ortho intramolecular Hbond substituents is 1. The Kier molecular flexibility index (Phi) is 4.15.